The molecular formula is C26H27ClN2O3. The molecule has 0 aromatic heterocycles. The number of rotatable bonds is 9. The van der Waals surface area contributed by atoms with Gasteiger partial charge in [0.25, 0.3) is 0 Å². The van der Waals surface area contributed by atoms with E-state index in [1.165, 1.54) is 0 Å². The molecule has 3 aromatic rings. The van der Waals surface area contributed by atoms with E-state index >= 15 is 0 Å². The highest BCUT2D eigenvalue weighted by atomic mass is 35.5. The summed E-state index contributed by atoms with van der Waals surface area (Å²) in [6.45, 7) is 0.278. The third-order valence-electron chi connectivity index (χ3n) is 5.27. The largest absolute Gasteiger partial charge is 0.497 e. The van der Waals surface area contributed by atoms with Crippen molar-refractivity contribution in [2.75, 3.05) is 14.2 Å². The van der Waals surface area contributed by atoms with Crippen LogP contribution in [0.5, 0.6) is 5.75 Å². The average molecular weight is 451 g/mol. The number of nitrogens with one attached hydrogen (secondary N) is 1. The van der Waals surface area contributed by atoms with Crippen LogP contribution in [0.3, 0.4) is 0 Å². The Balaban J connectivity index is 1.92. The zero-order chi connectivity index (χ0) is 22.9. The number of hydrogen-bond donors (Lipinski definition) is 1. The fourth-order valence-electron chi connectivity index (χ4n) is 3.57. The van der Waals surface area contributed by atoms with Crippen LogP contribution in [0.15, 0.2) is 78.9 Å². The molecule has 0 saturated carbocycles. The number of carbonyl (C=O) groups is 2. The van der Waals surface area contributed by atoms with Gasteiger partial charge in [-0.2, -0.15) is 0 Å². The molecule has 5 nitrogen and oxygen atoms in total. The summed E-state index contributed by atoms with van der Waals surface area (Å²) >= 11 is 6.17. The van der Waals surface area contributed by atoms with Gasteiger partial charge in [-0.3, -0.25) is 9.59 Å². The monoisotopic (exact) mass is 450 g/mol. The van der Waals surface area contributed by atoms with Crippen molar-refractivity contribution >= 4 is 23.4 Å². The summed E-state index contributed by atoms with van der Waals surface area (Å²) in [5.41, 5.74) is 2.69. The van der Waals surface area contributed by atoms with Gasteiger partial charge in [0.2, 0.25) is 11.8 Å². The number of ether oxygens (including phenoxy) is 1. The first-order chi connectivity index (χ1) is 15.5. The van der Waals surface area contributed by atoms with Gasteiger partial charge in [-0.15, -0.1) is 0 Å². The van der Waals surface area contributed by atoms with Crippen molar-refractivity contribution in [3.8, 4) is 5.75 Å². The molecule has 32 heavy (non-hydrogen) atoms. The summed E-state index contributed by atoms with van der Waals surface area (Å²) in [7, 11) is 3.19. The van der Waals surface area contributed by atoms with Crippen molar-refractivity contribution in [2.24, 2.45) is 0 Å². The fourth-order valence-corrected chi connectivity index (χ4v) is 3.79. The molecule has 0 fully saturated rings. The Morgan fingerprint density at radius 2 is 1.62 bits per heavy atom. The minimum absolute atomic E-state index is 0.139. The van der Waals surface area contributed by atoms with Gasteiger partial charge in [0.05, 0.1) is 13.5 Å². The molecule has 3 aromatic carbocycles. The predicted octanol–water partition coefficient (Wildman–Crippen LogP) is 4.28. The third kappa shape index (κ3) is 6.34. The van der Waals surface area contributed by atoms with E-state index in [9.17, 15) is 9.59 Å². The molecule has 2 amide bonds. The van der Waals surface area contributed by atoms with E-state index < -0.39 is 6.04 Å². The fraction of sp³-hybridized carbons (Fsp3) is 0.231. The standard InChI is InChI=1S/C26H27ClN2O3/c1-28-26(31)24(16-19-7-4-3-5-8-19)29(18-21-9-6-10-22(27)15-21)25(30)17-20-11-13-23(32-2)14-12-20/h3-15,24H,16-18H2,1-2H3,(H,28,31)/t24-/m1/s1. The van der Waals surface area contributed by atoms with Gasteiger partial charge in [-0.1, -0.05) is 66.2 Å². The van der Waals surface area contributed by atoms with Crippen molar-refractivity contribution < 1.29 is 14.3 Å². The highest BCUT2D eigenvalue weighted by Gasteiger charge is 2.29. The second-order valence-electron chi connectivity index (χ2n) is 7.50. The molecule has 3 rings (SSSR count). The van der Waals surface area contributed by atoms with Crippen LogP contribution in [0.2, 0.25) is 5.02 Å². The Kier molecular flexibility index (Phi) is 8.28. The Labute approximate surface area is 194 Å². The van der Waals surface area contributed by atoms with E-state index in [1.807, 2.05) is 72.8 Å². The maximum absolute atomic E-state index is 13.5. The zero-order valence-electron chi connectivity index (χ0n) is 18.3. The lowest BCUT2D eigenvalue weighted by Gasteiger charge is -2.31. The average Bonchev–Trinajstić information content (AvgIpc) is 2.82. The van der Waals surface area contributed by atoms with Gasteiger partial charge in [0, 0.05) is 25.0 Å². The Hall–Kier alpha value is -3.31. The number of carbonyl (C=O) groups excluding carboxylic acids is 2. The smallest absolute Gasteiger partial charge is 0.242 e. The van der Waals surface area contributed by atoms with Crippen LogP contribution in [-0.4, -0.2) is 36.9 Å². The van der Waals surface area contributed by atoms with E-state index in [-0.39, 0.29) is 24.8 Å². The molecule has 0 unspecified atom stereocenters. The summed E-state index contributed by atoms with van der Waals surface area (Å²) in [6.07, 6.45) is 0.586. The number of nitrogens with zero attached hydrogens (tertiary/aromatic N) is 1. The summed E-state index contributed by atoms with van der Waals surface area (Å²) in [6, 6.07) is 23.8. The molecule has 166 valence electrons. The van der Waals surface area contributed by atoms with Gasteiger partial charge < -0.3 is 15.0 Å². The Bertz CT molecular complexity index is 1040. The highest BCUT2D eigenvalue weighted by molar-refractivity contribution is 6.30. The predicted molar refractivity (Wildman–Crippen MR) is 127 cm³/mol. The second-order valence-corrected chi connectivity index (χ2v) is 7.93. The van der Waals surface area contributed by atoms with Crippen LogP contribution in [0.25, 0.3) is 0 Å². The lowest BCUT2D eigenvalue weighted by Crippen LogP contribution is -2.50. The van der Waals surface area contributed by atoms with Gasteiger partial charge in [0.1, 0.15) is 11.8 Å². The van der Waals surface area contributed by atoms with Crippen LogP contribution in [0, 0.1) is 0 Å². The normalized spacial score (nSPS) is 11.5. The lowest BCUT2D eigenvalue weighted by atomic mass is 10.0. The van der Waals surface area contributed by atoms with Gasteiger partial charge in [-0.05, 0) is 41.0 Å². The molecule has 0 radical (unpaired) electrons. The third-order valence-corrected chi connectivity index (χ3v) is 5.51. The Morgan fingerprint density at radius 1 is 0.938 bits per heavy atom. The summed E-state index contributed by atoms with van der Waals surface area (Å²) in [5.74, 6) is 0.378. The first kappa shape index (κ1) is 23.4. The maximum Gasteiger partial charge on any atom is 0.242 e. The Morgan fingerprint density at radius 3 is 2.25 bits per heavy atom. The molecular weight excluding hydrogens is 424 g/mol. The first-order valence-electron chi connectivity index (χ1n) is 10.4. The second kappa shape index (κ2) is 11.3. The number of likely N-dealkylation sites (N-methyl/N-ethyl adjacent to an activating group) is 1. The van der Waals surface area contributed by atoms with E-state index in [0.29, 0.717) is 11.4 Å². The van der Waals surface area contributed by atoms with Gasteiger partial charge in [0.15, 0.2) is 0 Å². The van der Waals surface area contributed by atoms with Gasteiger partial charge >= 0.3 is 0 Å². The number of methoxy groups -OCH3 is 1. The lowest BCUT2D eigenvalue weighted by molar-refractivity contribution is -0.140. The molecule has 0 aliphatic carbocycles. The van der Waals surface area contributed by atoms with Crippen LogP contribution in [0.1, 0.15) is 16.7 Å². The number of amides is 2. The molecule has 0 heterocycles. The molecule has 0 saturated heterocycles. The number of benzene rings is 3. The molecule has 1 atom stereocenters. The van der Waals surface area contributed by atoms with E-state index in [4.69, 9.17) is 16.3 Å². The topological polar surface area (TPSA) is 58.6 Å². The van der Waals surface area contributed by atoms with E-state index in [0.717, 1.165) is 22.4 Å². The SMILES string of the molecule is CNC(=O)[C@@H](Cc1ccccc1)N(Cc1cccc(Cl)c1)C(=O)Cc1ccc(OC)cc1. The zero-order valence-corrected chi connectivity index (χ0v) is 19.0. The van der Waals surface area contributed by atoms with Crippen LogP contribution < -0.4 is 10.1 Å². The summed E-state index contributed by atoms with van der Waals surface area (Å²) in [5, 5.41) is 3.31. The van der Waals surface area contributed by atoms with Crippen molar-refractivity contribution in [3.63, 3.8) is 0 Å². The van der Waals surface area contributed by atoms with Crippen molar-refractivity contribution in [3.05, 3.63) is 101 Å². The molecule has 0 aliphatic heterocycles. The molecule has 0 bridgehead atoms. The molecule has 6 heteroatoms. The first-order valence-corrected chi connectivity index (χ1v) is 10.8. The van der Waals surface area contributed by atoms with Crippen LogP contribution in [0.4, 0.5) is 0 Å². The van der Waals surface area contributed by atoms with Crippen LogP contribution >= 0.6 is 11.6 Å². The quantitative estimate of drug-likeness (QED) is 0.529. The van der Waals surface area contributed by atoms with E-state index in [1.54, 1.807) is 25.1 Å². The maximum atomic E-state index is 13.5. The molecule has 1 N–H and O–H groups in total. The van der Waals surface area contributed by atoms with E-state index in [2.05, 4.69) is 5.32 Å². The minimum Gasteiger partial charge on any atom is -0.497 e. The van der Waals surface area contributed by atoms with Gasteiger partial charge in [-0.25, -0.2) is 0 Å². The minimum atomic E-state index is -0.660. The van der Waals surface area contributed by atoms with Crippen molar-refractivity contribution in [1.29, 1.82) is 0 Å². The molecule has 0 spiro atoms. The van der Waals surface area contributed by atoms with Crippen LogP contribution in [-0.2, 0) is 29.0 Å². The molecule has 0 aliphatic rings. The highest BCUT2D eigenvalue weighted by Crippen LogP contribution is 2.19. The van der Waals surface area contributed by atoms with Crippen molar-refractivity contribution in [1.82, 2.24) is 10.2 Å². The number of halogens is 1. The summed E-state index contributed by atoms with van der Waals surface area (Å²) in [4.78, 5) is 28.0. The van der Waals surface area contributed by atoms with Crippen molar-refractivity contribution in [2.45, 2.75) is 25.4 Å². The summed E-state index contributed by atoms with van der Waals surface area (Å²) < 4.78 is 5.20. The number of hydrogen-bond acceptors (Lipinski definition) is 3.